The van der Waals surface area contributed by atoms with E-state index in [-0.39, 0.29) is 10.6 Å². The lowest BCUT2D eigenvalue weighted by Crippen LogP contribution is -2.44. The number of hydrogen-bond acceptors (Lipinski definition) is 3. The van der Waals surface area contributed by atoms with Crippen LogP contribution in [0.5, 0.6) is 5.75 Å². The van der Waals surface area contributed by atoms with Gasteiger partial charge in [0.05, 0.1) is 11.1 Å². The molecule has 0 bridgehead atoms. The molecule has 0 heterocycles. The van der Waals surface area contributed by atoms with Crippen molar-refractivity contribution in [2.75, 3.05) is 0 Å². The van der Waals surface area contributed by atoms with E-state index >= 15 is 0 Å². The van der Waals surface area contributed by atoms with Crippen LogP contribution in [0.15, 0.2) is 18.2 Å². The second kappa shape index (κ2) is 5.17. The van der Waals surface area contributed by atoms with Crippen molar-refractivity contribution in [1.29, 1.82) is 0 Å². The summed E-state index contributed by atoms with van der Waals surface area (Å²) in [7, 11) is -2.10. The Morgan fingerprint density at radius 3 is 2.32 bits per heavy atom. The van der Waals surface area contributed by atoms with Gasteiger partial charge in [0.15, 0.2) is 6.29 Å². The molecule has 1 rings (SSSR count). The minimum Gasteiger partial charge on any atom is -0.543 e. The van der Waals surface area contributed by atoms with Gasteiger partial charge in [-0.25, -0.2) is 4.79 Å². The van der Waals surface area contributed by atoms with Crippen LogP contribution in [-0.2, 0) is 0 Å². The Balaban J connectivity index is 3.22. The Morgan fingerprint density at radius 2 is 1.89 bits per heavy atom. The number of carboxylic acid groups (broad SMARTS) is 1. The lowest BCUT2D eigenvalue weighted by molar-refractivity contribution is 0.0696. The van der Waals surface area contributed by atoms with Crippen molar-refractivity contribution in [3.05, 3.63) is 29.3 Å². The molecule has 19 heavy (non-hydrogen) atoms. The van der Waals surface area contributed by atoms with E-state index in [2.05, 4.69) is 33.9 Å². The lowest BCUT2D eigenvalue weighted by atomic mass is 10.1. The number of carbonyl (C=O) groups excluding carboxylic acids is 1. The van der Waals surface area contributed by atoms with Crippen molar-refractivity contribution in [3.8, 4) is 5.75 Å². The minimum atomic E-state index is -2.10. The van der Waals surface area contributed by atoms with Gasteiger partial charge >= 0.3 is 5.97 Å². The molecule has 0 aliphatic heterocycles. The third kappa shape index (κ3) is 3.44. The third-order valence-corrected chi connectivity index (χ3v) is 7.90. The average Bonchev–Trinajstić information content (AvgIpc) is 2.26. The summed E-state index contributed by atoms with van der Waals surface area (Å²) in [6.07, 6.45) is 0.689. The van der Waals surface area contributed by atoms with Crippen LogP contribution in [0.25, 0.3) is 0 Å². The van der Waals surface area contributed by atoms with E-state index in [9.17, 15) is 9.59 Å². The number of carboxylic acids is 1. The average molecular weight is 280 g/mol. The highest BCUT2D eigenvalue weighted by Crippen LogP contribution is 2.38. The van der Waals surface area contributed by atoms with Crippen LogP contribution in [0.2, 0.25) is 18.1 Å². The molecule has 1 aromatic rings. The summed E-state index contributed by atoms with van der Waals surface area (Å²) in [6, 6.07) is 4.32. The minimum absolute atomic E-state index is 0.0214. The molecule has 0 saturated carbocycles. The van der Waals surface area contributed by atoms with E-state index in [0.29, 0.717) is 17.6 Å². The van der Waals surface area contributed by atoms with E-state index in [4.69, 9.17) is 9.53 Å². The van der Waals surface area contributed by atoms with Gasteiger partial charge in [-0.05, 0) is 36.3 Å². The van der Waals surface area contributed by atoms with Gasteiger partial charge in [0.1, 0.15) is 5.75 Å². The lowest BCUT2D eigenvalue weighted by Gasteiger charge is -2.36. The van der Waals surface area contributed by atoms with Gasteiger partial charge in [-0.2, -0.15) is 0 Å². The van der Waals surface area contributed by atoms with Crippen molar-refractivity contribution >= 4 is 20.6 Å². The van der Waals surface area contributed by atoms with Crippen LogP contribution in [0.1, 0.15) is 41.5 Å². The molecular weight excluding hydrogens is 260 g/mol. The normalized spacial score (nSPS) is 12.1. The highest BCUT2D eigenvalue weighted by molar-refractivity contribution is 6.74. The molecule has 0 spiro atoms. The van der Waals surface area contributed by atoms with Gasteiger partial charge in [-0.1, -0.05) is 20.8 Å². The monoisotopic (exact) mass is 280 g/mol. The first kappa shape index (κ1) is 15.4. The van der Waals surface area contributed by atoms with Gasteiger partial charge in [0, 0.05) is 0 Å². The predicted molar refractivity (Wildman–Crippen MR) is 76.6 cm³/mol. The molecule has 104 valence electrons. The number of aldehydes is 1. The van der Waals surface area contributed by atoms with E-state index < -0.39 is 14.3 Å². The Morgan fingerprint density at radius 1 is 1.32 bits per heavy atom. The Hall–Kier alpha value is -1.62. The van der Waals surface area contributed by atoms with Gasteiger partial charge in [-0.15, -0.1) is 0 Å². The largest absolute Gasteiger partial charge is 0.543 e. The number of benzene rings is 1. The van der Waals surface area contributed by atoms with Crippen LogP contribution in [0.3, 0.4) is 0 Å². The molecule has 4 nitrogen and oxygen atoms in total. The zero-order valence-corrected chi connectivity index (χ0v) is 13.0. The van der Waals surface area contributed by atoms with E-state index in [0.717, 1.165) is 0 Å². The van der Waals surface area contributed by atoms with Gasteiger partial charge in [-0.3, -0.25) is 4.79 Å². The van der Waals surface area contributed by atoms with Crippen LogP contribution in [-0.4, -0.2) is 25.7 Å². The fourth-order valence-electron chi connectivity index (χ4n) is 1.28. The molecule has 0 unspecified atom stereocenters. The molecule has 0 atom stereocenters. The fraction of sp³-hybridized carbons (Fsp3) is 0.429. The molecule has 5 heteroatoms. The Labute approximate surface area is 114 Å². The first-order chi connectivity index (χ1) is 8.58. The summed E-state index contributed by atoms with van der Waals surface area (Å²) < 4.78 is 6.02. The van der Waals surface area contributed by atoms with Crippen LogP contribution >= 0.6 is 0 Å². The van der Waals surface area contributed by atoms with E-state index in [1.807, 2.05) is 0 Å². The zero-order valence-electron chi connectivity index (χ0n) is 12.0. The van der Waals surface area contributed by atoms with Crippen molar-refractivity contribution in [3.63, 3.8) is 0 Å². The molecule has 1 aromatic carbocycles. The van der Waals surface area contributed by atoms with Crippen LogP contribution in [0.4, 0.5) is 0 Å². The Bertz CT molecular complexity index is 501. The zero-order chi connectivity index (χ0) is 14.8. The SMILES string of the molecule is CC(C)(C)[Si](C)(C)Oc1cc(C(=O)O)ccc1C=O. The topological polar surface area (TPSA) is 63.6 Å². The molecule has 0 saturated heterocycles. The van der Waals surface area contributed by atoms with Crippen molar-refractivity contribution in [1.82, 2.24) is 0 Å². The van der Waals surface area contributed by atoms with Crippen molar-refractivity contribution < 1.29 is 19.1 Å². The van der Waals surface area contributed by atoms with Crippen molar-refractivity contribution in [2.24, 2.45) is 0 Å². The van der Waals surface area contributed by atoms with Gasteiger partial charge in [0.2, 0.25) is 0 Å². The summed E-state index contributed by atoms with van der Waals surface area (Å²) in [5.74, 6) is -0.668. The molecule has 0 fully saturated rings. The molecular formula is C14H20O4Si. The first-order valence-corrected chi connectivity index (χ1v) is 9.01. The first-order valence-electron chi connectivity index (χ1n) is 6.10. The number of rotatable bonds is 4. The summed E-state index contributed by atoms with van der Waals surface area (Å²) >= 11 is 0. The molecule has 0 aliphatic rings. The quantitative estimate of drug-likeness (QED) is 0.676. The standard InChI is InChI=1S/C14H20O4Si/c1-14(2,3)19(4,5)18-12-8-10(13(16)17)6-7-11(12)9-15/h6-9H,1-5H3,(H,16,17). The van der Waals surface area contributed by atoms with Gasteiger partial charge in [0.25, 0.3) is 8.32 Å². The maximum absolute atomic E-state index is 11.0. The van der Waals surface area contributed by atoms with Gasteiger partial charge < -0.3 is 9.53 Å². The third-order valence-electron chi connectivity index (χ3n) is 3.56. The smallest absolute Gasteiger partial charge is 0.335 e. The van der Waals surface area contributed by atoms with E-state index in [1.54, 1.807) is 0 Å². The summed E-state index contributed by atoms with van der Waals surface area (Å²) in [5.41, 5.74) is 0.508. The molecule has 0 aromatic heterocycles. The highest BCUT2D eigenvalue weighted by atomic mass is 28.4. The second-order valence-electron chi connectivity index (χ2n) is 6.04. The summed E-state index contributed by atoms with van der Waals surface area (Å²) in [6.45, 7) is 10.4. The molecule has 1 N–H and O–H groups in total. The molecule has 0 amide bonds. The highest BCUT2D eigenvalue weighted by Gasteiger charge is 2.39. The van der Waals surface area contributed by atoms with E-state index in [1.165, 1.54) is 18.2 Å². The molecule has 0 radical (unpaired) electrons. The maximum Gasteiger partial charge on any atom is 0.335 e. The maximum atomic E-state index is 11.0. The van der Waals surface area contributed by atoms with Crippen LogP contribution in [0, 0.1) is 0 Å². The fourth-order valence-corrected chi connectivity index (χ4v) is 2.31. The number of hydrogen-bond donors (Lipinski definition) is 1. The van der Waals surface area contributed by atoms with Crippen LogP contribution < -0.4 is 4.43 Å². The van der Waals surface area contributed by atoms with Crippen molar-refractivity contribution in [2.45, 2.75) is 38.9 Å². The molecule has 0 aliphatic carbocycles. The predicted octanol–water partition coefficient (Wildman–Crippen LogP) is 3.58. The number of aromatic carboxylic acids is 1. The Kier molecular flexibility index (Phi) is 4.20. The second-order valence-corrected chi connectivity index (χ2v) is 10.8. The number of carbonyl (C=O) groups is 2. The summed E-state index contributed by atoms with van der Waals surface area (Å²) in [5, 5.41) is 8.98. The summed E-state index contributed by atoms with van der Waals surface area (Å²) in [4.78, 5) is 22.0.